The number of carboxylic acids is 1. The van der Waals surface area contributed by atoms with Crippen LogP contribution in [0.4, 0.5) is 0 Å². The Balaban J connectivity index is 2.22. The number of unbranched alkanes of at least 4 members (excludes halogenated alkanes) is 1. The summed E-state index contributed by atoms with van der Waals surface area (Å²) < 4.78 is 0. The summed E-state index contributed by atoms with van der Waals surface area (Å²) in [6.45, 7) is 12.6. The van der Waals surface area contributed by atoms with Gasteiger partial charge in [0, 0.05) is 13.1 Å². The number of likely N-dealkylation sites (tertiary alicyclic amines) is 2. The maximum Gasteiger partial charge on any atom is 0.326 e. The lowest BCUT2D eigenvalue weighted by Crippen LogP contribution is -2.59. The SMILES string of the molecule is CC(C)C[C@H](NC(=O)[C@@H]1CCCN1C(=O)[C@H](CCCCN)NC(=O)[C@@H]1CCCN1C(=O)[C@H](CC(C)C)NC(=O)[C@@H](N)CC(C)C)C(=O)O. The maximum atomic E-state index is 14.0. The van der Waals surface area contributed by atoms with Gasteiger partial charge in [0.15, 0.2) is 0 Å². The Bertz CT molecular complexity index is 1120. The molecule has 0 aliphatic carbocycles. The molecule has 2 aliphatic rings. The number of carboxylic acid groups (broad SMARTS) is 1. The van der Waals surface area contributed by atoms with Crippen LogP contribution in [0.15, 0.2) is 0 Å². The van der Waals surface area contributed by atoms with Gasteiger partial charge in [-0.3, -0.25) is 24.0 Å². The first-order valence-electron chi connectivity index (χ1n) is 17.8. The topological polar surface area (TPSA) is 217 Å². The number of nitrogens with zero attached hydrogens (tertiary/aromatic N) is 2. The van der Waals surface area contributed by atoms with Gasteiger partial charge >= 0.3 is 5.97 Å². The van der Waals surface area contributed by atoms with Crippen LogP contribution in [0.2, 0.25) is 0 Å². The Morgan fingerprint density at radius 1 is 0.688 bits per heavy atom. The molecule has 0 unspecified atom stereocenters. The zero-order valence-corrected chi connectivity index (χ0v) is 29.8. The van der Waals surface area contributed by atoms with E-state index in [1.54, 1.807) is 0 Å². The molecule has 2 aliphatic heterocycles. The fraction of sp³-hybridized carbons (Fsp3) is 0.824. The first-order chi connectivity index (χ1) is 22.6. The summed E-state index contributed by atoms with van der Waals surface area (Å²) in [4.78, 5) is 82.5. The number of carbonyl (C=O) groups is 6. The molecule has 274 valence electrons. The number of rotatable bonds is 19. The van der Waals surface area contributed by atoms with E-state index >= 15 is 0 Å². The predicted molar refractivity (Wildman–Crippen MR) is 182 cm³/mol. The third kappa shape index (κ3) is 12.3. The van der Waals surface area contributed by atoms with Crippen molar-refractivity contribution in [2.24, 2.45) is 29.2 Å². The normalized spacial score (nSPS) is 20.5. The molecule has 14 nitrogen and oxygen atoms in total. The van der Waals surface area contributed by atoms with E-state index in [1.807, 2.05) is 41.5 Å². The highest BCUT2D eigenvalue weighted by Gasteiger charge is 2.42. The van der Waals surface area contributed by atoms with E-state index in [4.69, 9.17) is 11.5 Å². The minimum absolute atomic E-state index is 0.0382. The van der Waals surface area contributed by atoms with Crippen LogP contribution in [0, 0.1) is 17.8 Å². The number of amides is 5. The molecule has 0 spiro atoms. The monoisotopic (exact) mass is 679 g/mol. The van der Waals surface area contributed by atoms with Gasteiger partial charge in [0.2, 0.25) is 29.5 Å². The average molecular weight is 680 g/mol. The average Bonchev–Trinajstić information content (AvgIpc) is 3.69. The molecule has 0 radical (unpaired) electrons. The second-order valence-corrected chi connectivity index (χ2v) is 14.7. The number of nitrogens with one attached hydrogen (secondary N) is 3. The molecule has 2 heterocycles. The lowest BCUT2D eigenvalue weighted by Gasteiger charge is -2.32. The second kappa shape index (κ2) is 19.7. The molecule has 0 saturated carbocycles. The number of hydrogen-bond acceptors (Lipinski definition) is 8. The summed E-state index contributed by atoms with van der Waals surface area (Å²) in [7, 11) is 0. The van der Waals surface area contributed by atoms with Crippen molar-refractivity contribution in [3.05, 3.63) is 0 Å². The van der Waals surface area contributed by atoms with E-state index in [0.29, 0.717) is 71.0 Å². The van der Waals surface area contributed by atoms with Gasteiger partial charge in [0.25, 0.3) is 0 Å². The smallest absolute Gasteiger partial charge is 0.326 e. The third-order valence-electron chi connectivity index (χ3n) is 8.94. The Morgan fingerprint density at radius 2 is 1.15 bits per heavy atom. The van der Waals surface area contributed by atoms with Gasteiger partial charge in [-0.15, -0.1) is 0 Å². The van der Waals surface area contributed by atoms with E-state index in [9.17, 15) is 33.9 Å². The number of nitrogens with two attached hydrogens (primary N) is 2. The zero-order chi connectivity index (χ0) is 36.1. The largest absolute Gasteiger partial charge is 0.480 e. The highest BCUT2D eigenvalue weighted by Crippen LogP contribution is 2.23. The van der Waals surface area contributed by atoms with Gasteiger partial charge < -0.3 is 42.3 Å². The van der Waals surface area contributed by atoms with Gasteiger partial charge in [0.05, 0.1) is 6.04 Å². The third-order valence-corrected chi connectivity index (χ3v) is 8.94. The minimum Gasteiger partial charge on any atom is -0.480 e. The van der Waals surface area contributed by atoms with Crippen LogP contribution in [0.25, 0.3) is 0 Å². The zero-order valence-electron chi connectivity index (χ0n) is 29.8. The number of aliphatic carboxylic acids is 1. The maximum absolute atomic E-state index is 14.0. The molecule has 0 aromatic carbocycles. The van der Waals surface area contributed by atoms with Crippen molar-refractivity contribution >= 4 is 35.5 Å². The summed E-state index contributed by atoms with van der Waals surface area (Å²) in [6, 6.07) is -5.32. The standard InChI is InChI=1S/C34H61N7O7/c1-20(2)17-23(36)29(42)38-25(18-21(3)4)33(46)41-16-10-12-27(41)30(43)37-24(11-7-8-14-35)32(45)40-15-9-13-28(40)31(44)39-26(34(47)48)19-22(5)6/h20-28H,7-19,35-36H2,1-6H3,(H,37,43)(H,38,42)(H,39,44)(H,47,48)/t23-,24-,25-,26-,27-,28-/m0/s1. The highest BCUT2D eigenvalue weighted by atomic mass is 16.4. The van der Waals surface area contributed by atoms with Crippen molar-refractivity contribution in [3.63, 3.8) is 0 Å². The van der Waals surface area contributed by atoms with Crippen LogP contribution < -0.4 is 27.4 Å². The van der Waals surface area contributed by atoms with Crippen LogP contribution in [0.5, 0.6) is 0 Å². The van der Waals surface area contributed by atoms with E-state index in [0.717, 1.165) is 0 Å². The lowest BCUT2D eigenvalue weighted by atomic mass is 10.00. The Kier molecular flexibility index (Phi) is 16.8. The fourth-order valence-electron chi connectivity index (χ4n) is 6.57. The van der Waals surface area contributed by atoms with Gasteiger partial charge in [-0.1, -0.05) is 41.5 Å². The van der Waals surface area contributed by atoms with Crippen molar-refractivity contribution in [2.45, 2.75) is 142 Å². The molecule has 2 saturated heterocycles. The molecular weight excluding hydrogens is 618 g/mol. The molecule has 14 heteroatoms. The van der Waals surface area contributed by atoms with E-state index in [2.05, 4.69) is 16.0 Å². The number of carbonyl (C=O) groups excluding carboxylic acids is 5. The molecule has 2 fully saturated rings. The van der Waals surface area contributed by atoms with E-state index in [-0.39, 0.29) is 36.5 Å². The molecule has 0 aromatic rings. The van der Waals surface area contributed by atoms with Gasteiger partial charge in [-0.05, 0) is 88.5 Å². The summed E-state index contributed by atoms with van der Waals surface area (Å²) in [5.41, 5.74) is 11.8. The molecule has 6 atom stereocenters. The van der Waals surface area contributed by atoms with Crippen LogP contribution in [-0.2, 0) is 28.8 Å². The van der Waals surface area contributed by atoms with Crippen molar-refractivity contribution in [1.82, 2.24) is 25.8 Å². The minimum atomic E-state index is -1.14. The van der Waals surface area contributed by atoms with Crippen molar-refractivity contribution in [1.29, 1.82) is 0 Å². The second-order valence-electron chi connectivity index (χ2n) is 14.7. The molecule has 0 bridgehead atoms. The molecule has 2 rings (SSSR count). The molecular formula is C34H61N7O7. The predicted octanol–water partition coefficient (Wildman–Crippen LogP) is 1.10. The fourth-order valence-corrected chi connectivity index (χ4v) is 6.57. The van der Waals surface area contributed by atoms with Gasteiger partial charge in [-0.25, -0.2) is 4.79 Å². The molecule has 48 heavy (non-hydrogen) atoms. The van der Waals surface area contributed by atoms with E-state index < -0.39 is 65.8 Å². The van der Waals surface area contributed by atoms with E-state index in [1.165, 1.54) is 9.80 Å². The van der Waals surface area contributed by atoms with Crippen molar-refractivity contribution < 1.29 is 33.9 Å². The summed E-state index contributed by atoms with van der Waals surface area (Å²) >= 11 is 0. The van der Waals surface area contributed by atoms with Crippen LogP contribution in [0.1, 0.15) is 106 Å². The van der Waals surface area contributed by atoms with Crippen molar-refractivity contribution in [3.8, 4) is 0 Å². The molecule has 5 amide bonds. The Hall–Kier alpha value is -3.26. The Labute approximate surface area is 285 Å². The number of hydrogen-bond donors (Lipinski definition) is 6. The van der Waals surface area contributed by atoms with Crippen LogP contribution in [-0.4, -0.2) is 106 Å². The Morgan fingerprint density at radius 3 is 1.60 bits per heavy atom. The van der Waals surface area contributed by atoms with Crippen LogP contribution in [0.3, 0.4) is 0 Å². The highest BCUT2D eigenvalue weighted by molar-refractivity contribution is 5.96. The van der Waals surface area contributed by atoms with Crippen molar-refractivity contribution in [2.75, 3.05) is 19.6 Å². The summed E-state index contributed by atoms with van der Waals surface area (Å²) in [5, 5.41) is 18.0. The summed E-state index contributed by atoms with van der Waals surface area (Å²) in [6.07, 6.45) is 4.50. The first kappa shape index (κ1) is 40.9. The van der Waals surface area contributed by atoms with Gasteiger partial charge in [0.1, 0.15) is 30.2 Å². The molecule has 8 N–H and O–H groups in total. The summed E-state index contributed by atoms with van der Waals surface area (Å²) in [5.74, 6) is -2.99. The quantitative estimate of drug-likeness (QED) is 0.108. The first-order valence-corrected chi connectivity index (χ1v) is 17.8. The van der Waals surface area contributed by atoms with Gasteiger partial charge in [-0.2, -0.15) is 0 Å². The van der Waals surface area contributed by atoms with Crippen LogP contribution >= 0.6 is 0 Å². The molecule has 0 aromatic heterocycles. The lowest BCUT2D eigenvalue weighted by molar-refractivity contribution is -0.146.